The van der Waals surface area contributed by atoms with Crippen LogP contribution in [0.5, 0.6) is 5.75 Å². The number of carbonyl (C=O) groups excluding carboxylic acids is 1. The van der Waals surface area contributed by atoms with Crippen LogP contribution in [0.4, 0.5) is 0 Å². The molecule has 0 saturated carbocycles. The van der Waals surface area contributed by atoms with E-state index < -0.39 is 0 Å². The average Bonchev–Trinajstić information content (AvgIpc) is 2.62. The Bertz CT molecular complexity index is 657. The molecular formula is C19H22N2O2. The van der Waals surface area contributed by atoms with E-state index in [1.54, 1.807) is 7.11 Å². The summed E-state index contributed by atoms with van der Waals surface area (Å²) >= 11 is 0. The van der Waals surface area contributed by atoms with Crippen molar-refractivity contribution in [1.29, 1.82) is 0 Å². The summed E-state index contributed by atoms with van der Waals surface area (Å²) in [5.74, 6) is 1.03. The molecular weight excluding hydrogens is 288 g/mol. The lowest BCUT2D eigenvalue weighted by atomic mass is 9.89. The third kappa shape index (κ3) is 3.96. The molecule has 120 valence electrons. The van der Waals surface area contributed by atoms with Gasteiger partial charge in [-0.3, -0.25) is 14.7 Å². The first-order valence-corrected chi connectivity index (χ1v) is 8.06. The number of piperidine rings is 1. The maximum absolute atomic E-state index is 12.8. The maximum Gasteiger partial charge on any atom is 0.167 e. The minimum absolute atomic E-state index is 0.0673. The largest absolute Gasteiger partial charge is 0.497 e. The number of hydrogen-bond acceptors (Lipinski definition) is 4. The van der Waals surface area contributed by atoms with Gasteiger partial charge in [0.15, 0.2) is 5.78 Å². The number of rotatable bonds is 5. The van der Waals surface area contributed by atoms with Gasteiger partial charge in [0, 0.05) is 37.0 Å². The normalized spacial score (nSPS) is 18.6. The summed E-state index contributed by atoms with van der Waals surface area (Å²) in [6.07, 6.45) is 5.66. The van der Waals surface area contributed by atoms with Crippen LogP contribution in [0.3, 0.4) is 0 Å². The highest BCUT2D eigenvalue weighted by atomic mass is 16.5. The van der Waals surface area contributed by atoms with Crippen LogP contribution in [0, 0.1) is 5.92 Å². The Kier molecular flexibility index (Phi) is 5.03. The van der Waals surface area contributed by atoms with Gasteiger partial charge in [0.25, 0.3) is 0 Å². The molecule has 2 aromatic rings. The summed E-state index contributed by atoms with van der Waals surface area (Å²) in [7, 11) is 1.63. The summed E-state index contributed by atoms with van der Waals surface area (Å²) in [5.41, 5.74) is 1.99. The van der Waals surface area contributed by atoms with E-state index in [1.165, 1.54) is 5.56 Å². The number of nitrogens with zero attached hydrogens (tertiary/aromatic N) is 2. The molecule has 0 unspecified atom stereocenters. The second-order valence-electron chi connectivity index (χ2n) is 6.03. The van der Waals surface area contributed by atoms with Gasteiger partial charge < -0.3 is 4.74 Å². The lowest BCUT2D eigenvalue weighted by Crippen LogP contribution is -2.38. The lowest BCUT2D eigenvalue weighted by molar-refractivity contribution is 0.0811. The highest BCUT2D eigenvalue weighted by molar-refractivity contribution is 5.98. The van der Waals surface area contributed by atoms with Crippen molar-refractivity contribution < 1.29 is 9.53 Å². The van der Waals surface area contributed by atoms with E-state index in [1.807, 2.05) is 48.8 Å². The number of aromatic nitrogens is 1. The predicted molar refractivity (Wildman–Crippen MR) is 89.6 cm³/mol. The zero-order chi connectivity index (χ0) is 16.1. The number of likely N-dealkylation sites (tertiary alicyclic amines) is 1. The second kappa shape index (κ2) is 7.38. The smallest absolute Gasteiger partial charge is 0.167 e. The van der Waals surface area contributed by atoms with Crippen molar-refractivity contribution in [3.63, 3.8) is 0 Å². The quantitative estimate of drug-likeness (QED) is 0.796. The summed E-state index contributed by atoms with van der Waals surface area (Å²) < 4.78 is 5.22. The second-order valence-corrected chi connectivity index (χ2v) is 6.03. The van der Waals surface area contributed by atoms with Crippen molar-refractivity contribution in [3.05, 3.63) is 59.9 Å². The molecule has 1 aromatic heterocycles. The van der Waals surface area contributed by atoms with E-state index >= 15 is 0 Å². The lowest BCUT2D eigenvalue weighted by Gasteiger charge is -2.32. The molecule has 0 aliphatic carbocycles. The maximum atomic E-state index is 12.8. The van der Waals surface area contributed by atoms with Crippen LogP contribution >= 0.6 is 0 Å². The molecule has 0 spiro atoms. The Morgan fingerprint density at radius 1 is 1.30 bits per heavy atom. The molecule has 0 amide bonds. The van der Waals surface area contributed by atoms with Crippen LogP contribution in [0.15, 0.2) is 48.8 Å². The third-order valence-corrected chi connectivity index (χ3v) is 4.39. The van der Waals surface area contributed by atoms with Gasteiger partial charge >= 0.3 is 0 Å². The van der Waals surface area contributed by atoms with Gasteiger partial charge in [0.05, 0.1) is 7.11 Å². The Balaban J connectivity index is 1.66. The minimum atomic E-state index is 0.0673. The van der Waals surface area contributed by atoms with Crippen molar-refractivity contribution in [2.24, 2.45) is 5.92 Å². The zero-order valence-corrected chi connectivity index (χ0v) is 13.4. The summed E-state index contributed by atoms with van der Waals surface area (Å²) in [6, 6.07) is 11.5. The molecule has 1 fully saturated rings. The van der Waals surface area contributed by atoms with Crippen LogP contribution in [0.25, 0.3) is 0 Å². The number of benzene rings is 1. The van der Waals surface area contributed by atoms with Gasteiger partial charge in [-0.25, -0.2) is 0 Å². The number of methoxy groups -OCH3 is 1. The number of ketones is 1. The first-order chi connectivity index (χ1) is 11.3. The van der Waals surface area contributed by atoms with Crippen molar-refractivity contribution in [2.45, 2.75) is 19.4 Å². The Morgan fingerprint density at radius 3 is 2.91 bits per heavy atom. The molecule has 0 N–H and O–H groups in total. The van der Waals surface area contributed by atoms with Gasteiger partial charge in [-0.1, -0.05) is 12.1 Å². The van der Waals surface area contributed by atoms with Gasteiger partial charge in [-0.2, -0.15) is 0 Å². The molecule has 1 saturated heterocycles. The van der Waals surface area contributed by atoms with Crippen LogP contribution in [0.2, 0.25) is 0 Å². The fourth-order valence-electron chi connectivity index (χ4n) is 3.17. The van der Waals surface area contributed by atoms with Crippen molar-refractivity contribution >= 4 is 5.78 Å². The number of pyridine rings is 1. The van der Waals surface area contributed by atoms with E-state index in [2.05, 4.69) is 9.88 Å². The topological polar surface area (TPSA) is 42.4 Å². The monoisotopic (exact) mass is 310 g/mol. The fourth-order valence-corrected chi connectivity index (χ4v) is 3.17. The Labute approximate surface area is 137 Å². The van der Waals surface area contributed by atoms with Crippen LogP contribution in [-0.4, -0.2) is 35.9 Å². The number of carbonyl (C=O) groups is 1. The number of Topliss-reactive ketones (excluding diaryl/α,β-unsaturated/α-hetero) is 1. The predicted octanol–water partition coefficient (Wildman–Crippen LogP) is 3.19. The SMILES string of the molecule is COc1cccc(C(=O)[C@H]2CCCN(Cc3ccncc3)C2)c1. The van der Waals surface area contributed by atoms with Crippen molar-refractivity contribution in [1.82, 2.24) is 9.88 Å². The average molecular weight is 310 g/mol. The van der Waals surface area contributed by atoms with E-state index in [0.29, 0.717) is 0 Å². The molecule has 4 nitrogen and oxygen atoms in total. The van der Waals surface area contributed by atoms with E-state index in [4.69, 9.17) is 4.74 Å². The minimum Gasteiger partial charge on any atom is -0.497 e. The molecule has 0 radical (unpaired) electrons. The first kappa shape index (κ1) is 15.7. The molecule has 23 heavy (non-hydrogen) atoms. The van der Waals surface area contributed by atoms with Crippen molar-refractivity contribution in [3.8, 4) is 5.75 Å². The van der Waals surface area contributed by atoms with Gasteiger partial charge in [-0.05, 0) is 49.2 Å². The third-order valence-electron chi connectivity index (χ3n) is 4.39. The summed E-state index contributed by atoms with van der Waals surface area (Å²) in [5, 5.41) is 0. The van der Waals surface area contributed by atoms with Gasteiger partial charge in [-0.15, -0.1) is 0 Å². The molecule has 2 heterocycles. The molecule has 1 aromatic carbocycles. The standard InChI is InChI=1S/C19H22N2O2/c1-23-18-6-2-4-16(12-18)19(22)17-5-3-11-21(14-17)13-15-7-9-20-10-8-15/h2,4,6-10,12,17H,3,5,11,13-14H2,1H3/t17-/m0/s1. The van der Waals surface area contributed by atoms with Gasteiger partial charge in [0.2, 0.25) is 0 Å². The Morgan fingerprint density at radius 2 is 2.13 bits per heavy atom. The number of hydrogen-bond donors (Lipinski definition) is 0. The van der Waals surface area contributed by atoms with Crippen LogP contribution in [-0.2, 0) is 6.54 Å². The van der Waals surface area contributed by atoms with E-state index in [-0.39, 0.29) is 11.7 Å². The van der Waals surface area contributed by atoms with Crippen molar-refractivity contribution in [2.75, 3.05) is 20.2 Å². The van der Waals surface area contributed by atoms with Gasteiger partial charge in [0.1, 0.15) is 5.75 Å². The van der Waals surface area contributed by atoms with E-state index in [0.717, 1.165) is 43.8 Å². The zero-order valence-electron chi connectivity index (χ0n) is 13.4. The molecule has 1 aliphatic heterocycles. The number of ether oxygens (including phenoxy) is 1. The molecule has 1 atom stereocenters. The molecule has 3 rings (SSSR count). The molecule has 0 bridgehead atoms. The Hall–Kier alpha value is -2.20. The summed E-state index contributed by atoms with van der Waals surface area (Å²) in [4.78, 5) is 19.2. The first-order valence-electron chi connectivity index (χ1n) is 8.06. The molecule has 4 heteroatoms. The molecule has 1 aliphatic rings. The van der Waals surface area contributed by atoms with E-state index in [9.17, 15) is 4.79 Å². The van der Waals surface area contributed by atoms with Crippen LogP contribution < -0.4 is 4.74 Å². The summed E-state index contributed by atoms with van der Waals surface area (Å²) in [6.45, 7) is 2.74. The fraction of sp³-hybridized carbons (Fsp3) is 0.368. The highest BCUT2D eigenvalue weighted by Gasteiger charge is 2.26. The highest BCUT2D eigenvalue weighted by Crippen LogP contribution is 2.24. The van der Waals surface area contributed by atoms with Crippen LogP contribution in [0.1, 0.15) is 28.8 Å².